The van der Waals surface area contributed by atoms with Gasteiger partial charge in [0.2, 0.25) is 11.7 Å². The summed E-state index contributed by atoms with van der Waals surface area (Å²) in [5, 5.41) is 8.37. The van der Waals surface area contributed by atoms with E-state index in [1.165, 1.54) is 0 Å². The Balaban J connectivity index is 1.45. The lowest BCUT2D eigenvalue weighted by molar-refractivity contribution is -0.145. The summed E-state index contributed by atoms with van der Waals surface area (Å²) >= 11 is 5.86. The van der Waals surface area contributed by atoms with Gasteiger partial charge in [-0.2, -0.15) is 9.97 Å². The van der Waals surface area contributed by atoms with Crippen LogP contribution in [0.4, 0.5) is 0 Å². The Bertz CT molecular complexity index is 889. The molecular weight excluding hydrogens is 372 g/mol. The Morgan fingerprint density at radius 3 is 2.59 bits per heavy atom. The van der Waals surface area contributed by atoms with Crippen LogP contribution in [0.1, 0.15) is 37.9 Å². The Morgan fingerprint density at radius 2 is 1.85 bits per heavy atom. The van der Waals surface area contributed by atoms with Gasteiger partial charge >= 0.3 is 5.97 Å². The zero-order valence-electron chi connectivity index (χ0n) is 15.0. The summed E-state index contributed by atoms with van der Waals surface area (Å²) in [5.74, 6) is 1.70. The van der Waals surface area contributed by atoms with E-state index >= 15 is 0 Å². The van der Waals surface area contributed by atoms with Crippen molar-refractivity contribution in [1.29, 1.82) is 0 Å². The maximum absolute atomic E-state index is 11.9. The highest BCUT2D eigenvalue weighted by Crippen LogP contribution is 2.19. The molecule has 9 heteroatoms. The number of aromatic nitrogens is 4. The molecule has 0 fully saturated rings. The van der Waals surface area contributed by atoms with Crippen LogP contribution in [-0.4, -0.2) is 26.3 Å². The van der Waals surface area contributed by atoms with Gasteiger partial charge in [-0.3, -0.25) is 4.79 Å². The number of carbonyl (C=O) groups is 1. The highest BCUT2D eigenvalue weighted by atomic mass is 35.5. The lowest BCUT2D eigenvalue weighted by atomic mass is 10.1. The predicted octanol–water partition coefficient (Wildman–Crippen LogP) is 3.65. The van der Waals surface area contributed by atoms with Crippen molar-refractivity contribution in [3.63, 3.8) is 0 Å². The molecule has 0 aliphatic carbocycles. The molecule has 0 saturated heterocycles. The second-order valence-corrected chi connectivity index (χ2v) is 6.82. The Labute approximate surface area is 160 Å². The van der Waals surface area contributed by atoms with Crippen LogP contribution in [0.15, 0.2) is 33.3 Å². The number of hydrogen-bond donors (Lipinski definition) is 0. The third kappa shape index (κ3) is 5.62. The van der Waals surface area contributed by atoms with E-state index in [0.29, 0.717) is 34.9 Å². The molecule has 1 aromatic carbocycles. The lowest BCUT2D eigenvalue weighted by Gasteiger charge is -1.99. The molecule has 2 heterocycles. The van der Waals surface area contributed by atoms with Crippen LogP contribution in [-0.2, 0) is 29.0 Å². The average Bonchev–Trinajstić information content (AvgIpc) is 3.28. The molecule has 0 aliphatic rings. The summed E-state index contributed by atoms with van der Waals surface area (Å²) in [7, 11) is 0. The quantitative estimate of drug-likeness (QED) is 0.537. The van der Waals surface area contributed by atoms with E-state index in [-0.39, 0.29) is 25.3 Å². The second-order valence-electron chi connectivity index (χ2n) is 6.38. The van der Waals surface area contributed by atoms with Gasteiger partial charge in [-0.05, 0) is 30.2 Å². The van der Waals surface area contributed by atoms with Crippen molar-refractivity contribution in [1.82, 2.24) is 20.3 Å². The number of halogens is 1. The van der Waals surface area contributed by atoms with E-state index in [1.807, 2.05) is 0 Å². The number of aryl methyl sites for hydroxylation is 1. The molecule has 27 heavy (non-hydrogen) atoms. The normalized spacial score (nSPS) is 11.1. The minimum absolute atomic E-state index is 0.0518. The van der Waals surface area contributed by atoms with Crippen molar-refractivity contribution in [2.75, 3.05) is 0 Å². The predicted molar refractivity (Wildman–Crippen MR) is 95.7 cm³/mol. The van der Waals surface area contributed by atoms with Crippen molar-refractivity contribution in [3.8, 4) is 11.4 Å². The fourth-order valence-electron chi connectivity index (χ4n) is 2.29. The molecule has 142 valence electrons. The zero-order valence-corrected chi connectivity index (χ0v) is 15.8. The highest BCUT2D eigenvalue weighted by molar-refractivity contribution is 6.30. The fourth-order valence-corrected chi connectivity index (χ4v) is 2.42. The van der Waals surface area contributed by atoms with Gasteiger partial charge in [-0.15, -0.1) is 0 Å². The van der Waals surface area contributed by atoms with Gasteiger partial charge in [0.05, 0.1) is 6.42 Å². The largest absolute Gasteiger partial charge is 0.456 e. The Morgan fingerprint density at radius 1 is 1.11 bits per heavy atom. The van der Waals surface area contributed by atoms with Gasteiger partial charge < -0.3 is 13.8 Å². The fraction of sp³-hybridized carbons (Fsp3) is 0.389. The molecule has 0 bridgehead atoms. The summed E-state index contributed by atoms with van der Waals surface area (Å²) < 4.78 is 15.3. The topological polar surface area (TPSA) is 104 Å². The Kier molecular flexibility index (Phi) is 6.18. The molecule has 3 rings (SSSR count). The second kappa shape index (κ2) is 8.77. The minimum Gasteiger partial charge on any atom is -0.456 e. The first kappa shape index (κ1) is 19.0. The highest BCUT2D eigenvalue weighted by Gasteiger charge is 2.13. The maximum atomic E-state index is 11.9. The van der Waals surface area contributed by atoms with Crippen LogP contribution in [0.2, 0.25) is 5.02 Å². The lowest BCUT2D eigenvalue weighted by Crippen LogP contribution is -2.06. The molecule has 8 nitrogen and oxygen atoms in total. The molecule has 0 unspecified atom stereocenters. The average molecular weight is 391 g/mol. The van der Waals surface area contributed by atoms with Crippen LogP contribution in [0.5, 0.6) is 0 Å². The third-order valence-electron chi connectivity index (χ3n) is 3.57. The SMILES string of the molecule is CC(C)Cc1noc(COC(=O)CCc2nc(-c3ccc(Cl)cc3)no2)n1. The molecular formula is C18H19ClN4O4. The number of rotatable bonds is 8. The van der Waals surface area contributed by atoms with E-state index in [1.54, 1.807) is 24.3 Å². The summed E-state index contributed by atoms with van der Waals surface area (Å²) in [5.41, 5.74) is 0.783. The van der Waals surface area contributed by atoms with Crippen LogP contribution in [0.3, 0.4) is 0 Å². The van der Waals surface area contributed by atoms with Gasteiger partial charge in [-0.25, -0.2) is 0 Å². The maximum Gasteiger partial charge on any atom is 0.306 e. The van der Waals surface area contributed by atoms with Crippen molar-refractivity contribution in [2.24, 2.45) is 5.92 Å². The monoisotopic (exact) mass is 390 g/mol. The standard InChI is InChI=1S/C18H19ClN4O4/c1-11(2)9-14-20-16(27-22-14)10-25-17(24)8-7-15-21-18(23-26-15)12-3-5-13(19)6-4-12/h3-6,11H,7-10H2,1-2H3. The van der Waals surface area contributed by atoms with Gasteiger partial charge in [-0.1, -0.05) is 35.8 Å². The number of nitrogens with zero attached hydrogens (tertiary/aromatic N) is 4. The van der Waals surface area contributed by atoms with Crippen molar-refractivity contribution in [3.05, 3.63) is 46.9 Å². The summed E-state index contributed by atoms with van der Waals surface area (Å²) in [6.07, 6.45) is 1.10. The van der Waals surface area contributed by atoms with Crippen LogP contribution >= 0.6 is 11.6 Å². The number of benzene rings is 1. The first-order valence-electron chi connectivity index (χ1n) is 8.55. The molecule has 0 aliphatic heterocycles. The number of hydrogen-bond acceptors (Lipinski definition) is 8. The van der Waals surface area contributed by atoms with E-state index in [4.69, 9.17) is 25.4 Å². The molecule has 2 aromatic heterocycles. The zero-order chi connectivity index (χ0) is 19.2. The van der Waals surface area contributed by atoms with Crippen LogP contribution in [0.25, 0.3) is 11.4 Å². The number of carbonyl (C=O) groups excluding carboxylic acids is 1. The molecule has 0 N–H and O–H groups in total. The molecule has 0 radical (unpaired) electrons. The first-order chi connectivity index (χ1) is 13.0. The molecule has 0 atom stereocenters. The van der Waals surface area contributed by atoms with Crippen molar-refractivity contribution in [2.45, 2.75) is 39.7 Å². The smallest absolute Gasteiger partial charge is 0.306 e. The third-order valence-corrected chi connectivity index (χ3v) is 3.82. The summed E-state index contributed by atoms with van der Waals surface area (Å²) in [6, 6.07) is 7.08. The van der Waals surface area contributed by atoms with Gasteiger partial charge in [0, 0.05) is 23.4 Å². The number of esters is 1. The Hall–Kier alpha value is -2.74. The molecule has 0 amide bonds. The summed E-state index contributed by atoms with van der Waals surface area (Å²) in [6.45, 7) is 4.07. The molecule has 0 saturated carbocycles. The van der Waals surface area contributed by atoms with Gasteiger partial charge in [0.1, 0.15) is 0 Å². The van der Waals surface area contributed by atoms with E-state index in [0.717, 1.165) is 5.56 Å². The van der Waals surface area contributed by atoms with Crippen molar-refractivity contribution >= 4 is 17.6 Å². The molecule has 0 spiro atoms. The van der Waals surface area contributed by atoms with Crippen LogP contribution < -0.4 is 0 Å². The van der Waals surface area contributed by atoms with E-state index in [9.17, 15) is 4.79 Å². The van der Waals surface area contributed by atoms with Gasteiger partial charge in [0.15, 0.2) is 12.4 Å². The van der Waals surface area contributed by atoms with Crippen molar-refractivity contribution < 1.29 is 18.6 Å². The molecule has 3 aromatic rings. The summed E-state index contributed by atoms with van der Waals surface area (Å²) in [4.78, 5) is 20.3. The van der Waals surface area contributed by atoms with Crippen LogP contribution in [0, 0.1) is 5.92 Å². The van der Waals surface area contributed by atoms with Gasteiger partial charge in [0.25, 0.3) is 5.89 Å². The number of ether oxygens (including phenoxy) is 1. The van der Waals surface area contributed by atoms with E-state index < -0.39 is 5.97 Å². The minimum atomic E-state index is -0.412. The first-order valence-corrected chi connectivity index (χ1v) is 8.93. The van der Waals surface area contributed by atoms with E-state index in [2.05, 4.69) is 34.1 Å².